The van der Waals surface area contributed by atoms with Crippen LogP contribution in [0.25, 0.3) is 0 Å². The summed E-state index contributed by atoms with van der Waals surface area (Å²) in [6, 6.07) is 15.4. The zero-order valence-electron chi connectivity index (χ0n) is 14.1. The van der Waals surface area contributed by atoms with Gasteiger partial charge >= 0.3 is 0 Å². The summed E-state index contributed by atoms with van der Waals surface area (Å²) in [5.41, 5.74) is 1.08. The molecule has 0 heterocycles. The molecule has 0 aliphatic carbocycles. The molecular formula is C20H26O3. The zero-order valence-corrected chi connectivity index (χ0v) is 14.1. The van der Waals surface area contributed by atoms with Gasteiger partial charge in [0, 0.05) is 5.56 Å². The highest BCUT2D eigenvalue weighted by Gasteiger charge is 2.12. The van der Waals surface area contributed by atoms with Crippen LogP contribution in [0.5, 0.6) is 17.2 Å². The van der Waals surface area contributed by atoms with Crippen molar-refractivity contribution < 1.29 is 14.5 Å². The molecule has 0 bridgehead atoms. The number of hydrogen-bond donors (Lipinski definition) is 0. The largest absolute Gasteiger partial charge is 0.493 e. The predicted octanol–water partition coefficient (Wildman–Crippen LogP) is 5.58. The molecule has 3 nitrogen and oxygen atoms in total. The number of ether oxygens (including phenoxy) is 1. The van der Waals surface area contributed by atoms with E-state index in [4.69, 9.17) is 14.5 Å². The summed E-state index contributed by atoms with van der Waals surface area (Å²) in [7, 11) is 0. The quantitative estimate of drug-likeness (QED) is 0.325. The number of unbranched alkanes of at least 4 members (excludes halogenated alkanes) is 2. The third-order valence-corrected chi connectivity index (χ3v) is 3.60. The van der Waals surface area contributed by atoms with E-state index >= 15 is 0 Å². The molecule has 124 valence electrons. The average Bonchev–Trinajstić information content (AvgIpc) is 2.60. The van der Waals surface area contributed by atoms with Crippen LogP contribution in [0.2, 0.25) is 0 Å². The first-order chi connectivity index (χ1) is 11.3. The van der Waals surface area contributed by atoms with Gasteiger partial charge in [-0.2, -0.15) is 0 Å². The Morgan fingerprint density at radius 2 is 1.48 bits per heavy atom. The van der Waals surface area contributed by atoms with Gasteiger partial charge in [0.15, 0.2) is 11.5 Å². The van der Waals surface area contributed by atoms with Gasteiger partial charge in [0.05, 0.1) is 6.61 Å². The molecule has 0 radical (unpaired) electrons. The molecule has 0 fully saturated rings. The van der Waals surface area contributed by atoms with E-state index in [1.807, 2.05) is 48.5 Å². The van der Waals surface area contributed by atoms with Gasteiger partial charge in [-0.25, -0.2) is 0 Å². The fourth-order valence-electron chi connectivity index (χ4n) is 2.25. The Balaban J connectivity index is 2.10. The van der Waals surface area contributed by atoms with E-state index in [0.717, 1.165) is 55.8 Å². The van der Waals surface area contributed by atoms with Gasteiger partial charge in [0.2, 0.25) is 0 Å². The summed E-state index contributed by atoms with van der Waals surface area (Å²) in [5, 5.41) is 0. The summed E-state index contributed by atoms with van der Waals surface area (Å²) in [6.07, 6.45) is 5.32. The molecule has 2 rings (SSSR count). The van der Waals surface area contributed by atoms with Crippen LogP contribution in [0.4, 0.5) is 0 Å². The molecule has 0 spiro atoms. The van der Waals surface area contributed by atoms with Crippen LogP contribution in [0.3, 0.4) is 0 Å². The molecular weight excluding hydrogens is 288 g/mol. The van der Waals surface area contributed by atoms with Crippen molar-refractivity contribution in [2.75, 3.05) is 6.61 Å². The van der Waals surface area contributed by atoms with Crippen molar-refractivity contribution >= 4 is 0 Å². The second-order valence-electron chi connectivity index (χ2n) is 5.52. The molecule has 0 saturated heterocycles. The summed E-state index contributed by atoms with van der Waals surface area (Å²) in [6.45, 7) is 5.08. The first-order valence-electron chi connectivity index (χ1n) is 8.49. The van der Waals surface area contributed by atoms with Gasteiger partial charge in [0.1, 0.15) is 5.75 Å². The number of hydrogen-bond acceptors (Lipinski definition) is 3. The normalized spacial score (nSPS) is 10.3. The number of benzene rings is 2. The maximum Gasteiger partial charge on any atom is 0.185 e. The summed E-state index contributed by atoms with van der Waals surface area (Å²) in [5.74, 6) is 2.32. The lowest BCUT2D eigenvalue weighted by molar-refractivity contribution is -0.101. The molecule has 0 saturated carbocycles. The second-order valence-corrected chi connectivity index (χ2v) is 5.52. The van der Waals surface area contributed by atoms with E-state index in [0.29, 0.717) is 5.75 Å². The van der Waals surface area contributed by atoms with Gasteiger partial charge in [0.25, 0.3) is 0 Å². The lowest BCUT2D eigenvalue weighted by Crippen LogP contribution is -2.06. The van der Waals surface area contributed by atoms with Crippen molar-refractivity contribution in [3.63, 3.8) is 0 Å². The minimum atomic E-state index is 0.686. The van der Waals surface area contributed by atoms with Crippen molar-refractivity contribution in [1.29, 1.82) is 0 Å². The van der Waals surface area contributed by atoms with Crippen LogP contribution in [0.1, 0.15) is 45.1 Å². The average molecular weight is 314 g/mol. The summed E-state index contributed by atoms with van der Waals surface area (Å²) >= 11 is 0. The molecule has 0 N–H and O–H groups in total. The highest BCUT2D eigenvalue weighted by molar-refractivity contribution is 5.44. The Bertz CT molecular complexity index is 566. The van der Waals surface area contributed by atoms with E-state index < -0.39 is 0 Å². The highest BCUT2D eigenvalue weighted by Crippen LogP contribution is 2.31. The van der Waals surface area contributed by atoms with Crippen molar-refractivity contribution in [3.05, 3.63) is 54.1 Å². The van der Waals surface area contributed by atoms with Crippen molar-refractivity contribution in [3.8, 4) is 17.2 Å². The highest BCUT2D eigenvalue weighted by atomic mass is 17.2. The Morgan fingerprint density at radius 3 is 2.22 bits per heavy atom. The van der Waals surface area contributed by atoms with Gasteiger partial charge < -0.3 is 4.74 Å². The minimum Gasteiger partial charge on any atom is -0.493 e. The van der Waals surface area contributed by atoms with E-state index in [2.05, 4.69) is 13.8 Å². The van der Waals surface area contributed by atoms with Crippen molar-refractivity contribution in [1.82, 2.24) is 0 Å². The molecule has 0 atom stereocenters. The Hall–Kier alpha value is -2.16. The Kier molecular flexibility index (Phi) is 7.31. The van der Waals surface area contributed by atoms with Crippen molar-refractivity contribution in [2.24, 2.45) is 0 Å². The smallest absolute Gasteiger partial charge is 0.185 e. The Labute approximate surface area is 139 Å². The zero-order chi connectivity index (χ0) is 16.3. The van der Waals surface area contributed by atoms with Gasteiger partial charge in [-0.1, -0.05) is 51.0 Å². The van der Waals surface area contributed by atoms with Crippen molar-refractivity contribution in [2.45, 2.75) is 46.0 Å². The van der Waals surface area contributed by atoms with Crippen LogP contribution >= 0.6 is 0 Å². The van der Waals surface area contributed by atoms with Gasteiger partial charge in [-0.15, -0.1) is 0 Å². The Morgan fingerprint density at radius 1 is 0.739 bits per heavy atom. The first kappa shape index (κ1) is 17.2. The predicted molar refractivity (Wildman–Crippen MR) is 93.2 cm³/mol. The molecule has 23 heavy (non-hydrogen) atoms. The van der Waals surface area contributed by atoms with Crippen LogP contribution < -0.4 is 14.5 Å². The molecule has 2 aromatic carbocycles. The molecule has 0 aliphatic rings. The molecule has 0 amide bonds. The molecule has 0 aliphatic heterocycles. The molecule has 0 unspecified atom stereocenters. The SMILES string of the molecule is CCCCOc1cccc(OOc2ccccc2)c1CCCC. The second kappa shape index (κ2) is 9.78. The first-order valence-corrected chi connectivity index (χ1v) is 8.49. The van der Waals surface area contributed by atoms with E-state index in [-0.39, 0.29) is 0 Å². The van der Waals surface area contributed by atoms with Crippen LogP contribution in [0.15, 0.2) is 48.5 Å². The summed E-state index contributed by atoms with van der Waals surface area (Å²) in [4.78, 5) is 11.0. The number of para-hydroxylation sites is 1. The molecule has 2 aromatic rings. The maximum absolute atomic E-state index is 5.93. The third kappa shape index (κ3) is 5.51. The molecule has 0 aromatic heterocycles. The van der Waals surface area contributed by atoms with E-state index in [9.17, 15) is 0 Å². The summed E-state index contributed by atoms with van der Waals surface area (Å²) < 4.78 is 5.93. The fourth-order valence-corrected chi connectivity index (χ4v) is 2.25. The lowest BCUT2D eigenvalue weighted by Gasteiger charge is -2.15. The van der Waals surface area contributed by atoms with Gasteiger partial charge in [-0.3, -0.25) is 9.78 Å². The van der Waals surface area contributed by atoms with E-state index in [1.54, 1.807) is 0 Å². The van der Waals surface area contributed by atoms with Crippen LogP contribution in [-0.4, -0.2) is 6.61 Å². The van der Waals surface area contributed by atoms with Gasteiger partial charge in [-0.05, 0) is 43.5 Å². The molecule has 3 heteroatoms. The number of rotatable bonds is 10. The van der Waals surface area contributed by atoms with Crippen LogP contribution in [0, 0.1) is 0 Å². The van der Waals surface area contributed by atoms with E-state index in [1.165, 1.54) is 0 Å². The van der Waals surface area contributed by atoms with Crippen LogP contribution in [-0.2, 0) is 6.42 Å². The lowest BCUT2D eigenvalue weighted by atomic mass is 10.1. The third-order valence-electron chi connectivity index (χ3n) is 3.60. The topological polar surface area (TPSA) is 27.7 Å². The standard InChI is InChI=1S/C20H26O3/c1-3-5-13-18-19(21-16-6-4-2)14-10-15-20(18)23-22-17-11-8-7-9-12-17/h7-12,14-15H,3-6,13,16H2,1-2H3. The monoisotopic (exact) mass is 314 g/mol. The fraction of sp³-hybridized carbons (Fsp3) is 0.400. The minimum absolute atomic E-state index is 0.686. The maximum atomic E-state index is 5.93.